The molecule has 2 fully saturated rings. The van der Waals surface area contributed by atoms with Gasteiger partial charge in [-0.15, -0.1) is 0 Å². The van der Waals surface area contributed by atoms with Gasteiger partial charge in [0.05, 0.1) is 6.54 Å². The number of piperidine rings is 1. The average Bonchev–Trinajstić information content (AvgIpc) is 3.54. The van der Waals surface area contributed by atoms with Crippen LogP contribution in [0.5, 0.6) is 0 Å². The zero-order valence-corrected chi connectivity index (χ0v) is 20.5. The first kappa shape index (κ1) is 25.2. The van der Waals surface area contributed by atoms with E-state index < -0.39 is 17.8 Å². The summed E-state index contributed by atoms with van der Waals surface area (Å²) in [5.41, 5.74) is 0.224. The fourth-order valence-corrected chi connectivity index (χ4v) is 5.36. The molecule has 3 aromatic rings. The molecule has 196 valence electrons. The van der Waals surface area contributed by atoms with Gasteiger partial charge in [0, 0.05) is 30.9 Å². The molecular weight excluding hydrogens is 485 g/mol. The van der Waals surface area contributed by atoms with Crippen molar-refractivity contribution in [3.8, 4) is 0 Å². The third kappa shape index (κ3) is 5.46. The average molecular weight is 515 g/mol. The van der Waals surface area contributed by atoms with Crippen molar-refractivity contribution < 1.29 is 22.8 Å². The Balaban J connectivity index is 1.13. The molecule has 0 spiro atoms. The van der Waals surface area contributed by atoms with E-state index in [4.69, 9.17) is 0 Å². The van der Waals surface area contributed by atoms with E-state index in [1.165, 1.54) is 18.6 Å². The smallest absolute Gasteiger partial charge is 0.342 e. The molecule has 1 N–H and O–H groups in total. The van der Waals surface area contributed by atoms with Crippen LogP contribution in [0.15, 0.2) is 42.5 Å². The minimum Gasteiger partial charge on any atom is -0.342 e. The number of carbonyl (C=O) groups is 2. The van der Waals surface area contributed by atoms with Crippen molar-refractivity contribution in [1.82, 2.24) is 29.7 Å². The number of aryl methyl sites for hydroxylation is 1. The molecule has 1 atom stereocenters. The molecule has 0 saturated carbocycles. The van der Waals surface area contributed by atoms with E-state index in [1.807, 2.05) is 6.07 Å². The second-order valence-electron chi connectivity index (χ2n) is 9.77. The Kier molecular flexibility index (Phi) is 6.89. The number of nitrogens with zero attached hydrogens (tertiary/aromatic N) is 5. The van der Waals surface area contributed by atoms with Crippen molar-refractivity contribution in [2.75, 3.05) is 32.7 Å². The molecule has 4 heterocycles. The number of likely N-dealkylation sites (tertiary alicyclic amines) is 2. The van der Waals surface area contributed by atoms with E-state index >= 15 is 0 Å². The highest BCUT2D eigenvalue weighted by Gasteiger charge is 2.36. The van der Waals surface area contributed by atoms with Gasteiger partial charge in [0.1, 0.15) is 5.69 Å². The van der Waals surface area contributed by atoms with E-state index in [1.54, 1.807) is 4.90 Å². The van der Waals surface area contributed by atoms with Crippen LogP contribution in [0.4, 0.5) is 13.2 Å². The van der Waals surface area contributed by atoms with Gasteiger partial charge in [0.25, 0.3) is 5.91 Å². The number of amides is 2. The molecule has 37 heavy (non-hydrogen) atoms. The van der Waals surface area contributed by atoms with Gasteiger partial charge in [-0.1, -0.05) is 30.3 Å². The van der Waals surface area contributed by atoms with Crippen LogP contribution in [0.25, 0.3) is 5.65 Å². The molecule has 2 aliphatic rings. The summed E-state index contributed by atoms with van der Waals surface area (Å²) in [6, 6.07) is 12.9. The Hall–Kier alpha value is -3.47. The lowest BCUT2D eigenvalue weighted by atomic mass is 9.89. The highest BCUT2D eigenvalue weighted by molar-refractivity contribution is 5.95. The lowest BCUT2D eigenvalue weighted by molar-refractivity contribution is -0.142. The van der Waals surface area contributed by atoms with Crippen molar-refractivity contribution in [2.45, 2.75) is 44.3 Å². The first-order chi connectivity index (χ1) is 17.7. The summed E-state index contributed by atoms with van der Waals surface area (Å²) in [5.74, 6) is -0.371. The van der Waals surface area contributed by atoms with Gasteiger partial charge < -0.3 is 10.2 Å². The predicted octanol–water partition coefficient (Wildman–Crippen LogP) is 3.27. The Bertz CT molecular complexity index is 1280. The number of benzene rings is 1. The molecule has 11 heteroatoms. The monoisotopic (exact) mass is 514 g/mol. The number of hydrogen-bond acceptors (Lipinski definition) is 5. The summed E-state index contributed by atoms with van der Waals surface area (Å²) in [6.45, 7) is 4.40. The maximum absolute atomic E-state index is 13.4. The number of carbonyl (C=O) groups excluding carboxylic acids is 2. The number of rotatable bonds is 5. The molecule has 0 bridgehead atoms. The Morgan fingerprint density at radius 3 is 2.49 bits per heavy atom. The molecule has 2 amide bonds. The molecule has 0 aliphatic carbocycles. The predicted molar refractivity (Wildman–Crippen MR) is 130 cm³/mol. The molecule has 2 saturated heterocycles. The molecule has 1 unspecified atom stereocenters. The van der Waals surface area contributed by atoms with Gasteiger partial charge in [0.15, 0.2) is 11.3 Å². The van der Waals surface area contributed by atoms with Crippen molar-refractivity contribution in [3.63, 3.8) is 0 Å². The minimum atomic E-state index is -4.65. The van der Waals surface area contributed by atoms with Gasteiger partial charge in [-0.2, -0.15) is 18.3 Å². The van der Waals surface area contributed by atoms with Crippen LogP contribution < -0.4 is 5.32 Å². The second-order valence-corrected chi connectivity index (χ2v) is 9.77. The van der Waals surface area contributed by atoms with Crippen LogP contribution in [0, 0.1) is 6.92 Å². The number of halogens is 3. The number of fused-ring (bicyclic) bond motifs is 1. The van der Waals surface area contributed by atoms with Crippen LogP contribution in [0.3, 0.4) is 0 Å². The van der Waals surface area contributed by atoms with Crippen molar-refractivity contribution in [3.05, 3.63) is 65.1 Å². The minimum absolute atomic E-state index is 0.0813. The zero-order chi connectivity index (χ0) is 26.2. The summed E-state index contributed by atoms with van der Waals surface area (Å²) in [6.07, 6.45) is -1.58. The van der Waals surface area contributed by atoms with Gasteiger partial charge in [0.2, 0.25) is 5.91 Å². The van der Waals surface area contributed by atoms with E-state index in [0.717, 1.165) is 38.4 Å². The van der Waals surface area contributed by atoms with Crippen LogP contribution in [-0.4, -0.2) is 75.0 Å². The number of aromatic nitrogens is 3. The SMILES string of the molecule is Cc1cc(C(F)(F)F)n2nc(C(=O)NCC(=O)N3CCC(N4CCC(c5ccccc5)CC4)C3)cc2n1. The maximum Gasteiger partial charge on any atom is 0.433 e. The third-order valence-electron chi connectivity index (χ3n) is 7.31. The number of hydrogen-bond donors (Lipinski definition) is 1. The normalized spacial score (nSPS) is 19.5. The lowest BCUT2D eigenvalue weighted by Gasteiger charge is -2.36. The van der Waals surface area contributed by atoms with E-state index in [2.05, 4.69) is 44.6 Å². The fourth-order valence-electron chi connectivity index (χ4n) is 5.36. The van der Waals surface area contributed by atoms with E-state index in [0.29, 0.717) is 29.6 Å². The van der Waals surface area contributed by atoms with Gasteiger partial charge in [-0.05, 0) is 56.8 Å². The molecular formula is C26H29F3N6O2. The highest BCUT2D eigenvalue weighted by atomic mass is 19.4. The standard InChI is InChI=1S/C26H29F3N6O2/c1-17-13-22(26(27,28)29)35-23(31-17)14-21(32-35)25(37)30-15-24(36)34-12-9-20(16-34)33-10-7-19(8-11-33)18-5-3-2-4-6-18/h2-6,13-14,19-20H,7-12,15-16H2,1H3,(H,30,37). The zero-order valence-electron chi connectivity index (χ0n) is 20.5. The maximum atomic E-state index is 13.4. The summed E-state index contributed by atoms with van der Waals surface area (Å²) < 4.78 is 40.7. The first-order valence-corrected chi connectivity index (χ1v) is 12.5. The Labute approximate surface area is 212 Å². The number of nitrogens with one attached hydrogen (secondary N) is 1. The van der Waals surface area contributed by atoms with Crippen molar-refractivity contribution >= 4 is 17.5 Å². The largest absolute Gasteiger partial charge is 0.433 e. The van der Waals surface area contributed by atoms with Gasteiger partial charge in [-0.3, -0.25) is 14.5 Å². The fraction of sp³-hybridized carbons (Fsp3) is 0.462. The third-order valence-corrected chi connectivity index (χ3v) is 7.31. The molecule has 0 radical (unpaired) electrons. The first-order valence-electron chi connectivity index (χ1n) is 12.5. The van der Waals surface area contributed by atoms with Crippen LogP contribution in [0.2, 0.25) is 0 Å². The topological polar surface area (TPSA) is 82.8 Å². The Morgan fingerprint density at radius 1 is 1.05 bits per heavy atom. The van der Waals surface area contributed by atoms with Crippen LogP contribution in [0.1, 0.15) is 52.6 Å². The highest BCUT2D eigenvalue weighted by Crippen LogP contribution is 2.31. The summed E-state index contributed by atoms with van der Waals surface area (Å²) >= 11 is 0. The molecule has 2 aliphatic heterocycles. The lowest BCUT2D eigenvalue weighted by Crippen LogP contribution is -2.44. The Morgan fingerprint density at radius 2 is 1.78 bits per heavy atom. The van der Waals surface area contributed by atoms with Gasteiger partial charge >= 0.3 is 6.18 Å². The van der Waals surface area contributed by atoms with Crippen LogP contribution >= 0.6 is 0 Å². The van der Waals surface area contributed by atoms with Gasteiger partial charge in [-0.25, -0.2) is 9.50 Å². The quantitative estimate of drug-likeness (QED) is 0.565. The van der Waals surface area contributed by atoms with Crippen molar-refractivity contribution in [1.29, 1.82) is 0 Å². The second kappa shape index (κ2) is 10.1. The number of alkyl halides is 3. The summed E-state index contributed by atoms with van der Waals surface area (Å²) in [5, 5.41) is 6.29. The molecule has 5 rings (SSSR count). The summed E-state index contributed by atoms with van der Waals surface area (Å²) in [7, 11) is 0. The van der Waals surface area contributed by atoms with Crippen molar-refractivity contribution in [2.24, 2.45) is 0 Å². The van der Waals surface area contributed by atoms with Crippen LogP contribution in [-0.2, 0) is 11.0 Å². The molecule has 1 aromatic carbocycles. The van der Waals surface area contributed by atoms with E-state index in [9.17, 15) is 22.8 Å². The molecule has 2 aromatic heterocycles. The summed E-state index contributed by atoms with van der Waals surface area (Å²) in [4.78, 5) is 33.5. The van der Waals surface area contributed by atoms with E-state index in [-0.39, 0.29) is 29.5 Å². The molecule has 8 nitrogen and oxygen atoms in total.